The fourth-order valence-corrected chi connectivity index (χ4v) is 4.69. The van der Waals surface area contributed by atoms with Gasteiger partial charge in [-0.1, -0.05) is 24.3 Å². The first-order valence-corrected chi connectivity index (χ1v) is 11.0. The Morgan fingerprint density at radius 3 is 2.73 bits per heavy atom. The summed E-state index contributed by atoms with van der Waals surface area (Å²) in [4.78, 5) is 20.1. The highest BCUT2D eigenvalue weighted by molar-refractivity contribution is 7.22. The number of anilines is 1. The van der Waals surface area contributed by atoms with E-state index in [0.717, 1.165) is 36.1 Å². The Morgan fingerprint density at radius 2 is 2.03 bits per heavy atom. The number of thiazole rings is 1. The monoisotopic (exact) mass is 426 g/mol. The first kappa shape index (κ1) is 20.6. The Bertz CT molecular complexity index is 1040. The minimum Gasteiger partial charge on any atom is -0.493 e. The molecule has 0 spiro atoms. The molecular formula is C23H26N2O4S. The van der Waals surface area contributed by atoms with Gasteiger partial charge in [0.05, 0.1) is 37.1 Å². The Morgan fingerprint density at radius 1 is 1.20 bits per heavy atom. The van der Waals surface area contributed by atoms with E-state index in [1.54, 1.807) is 48.7 Å². The molecule has 1 atom stereocenters. The van der Waals surface area contributed by atoms with Crippen LogP contribution in [0.3, 0.4) is 0 Å². The lowest BCUT2D eigenvalue weighted by molar-refractivity contribution is 0.0917. The third kappa shape index (κ3) is 4.13. The normalized spacial score (nSPS) is 16.0. The maximum absolute atomic E-state index is 13.5. The summed E-state index contributed by atoms with van der Waals surface area (Å²) in [5.74, 6) is 0.991. The highest BCUT2D eigenvalue weighted by Crippen LogP contribution is 2.33. The van der Waals surface area contributed by atoms with Crippen LogP contribution in [0.4, 0.5) is 5.13 Å². The highest BCUT2D eigenvalue weighted by Gasteiger charge is 2.27. The molecule has 0 radical (unpaired) electrons. The molecule has 1 aromatic heterocycles. The molecule has 0 saturated carbocycles. The minimum atomic E-state index is -0.124. The third-order valence-electron chi connectivity index (χ3n) is 5.37. The molecule has 4 rings (SSSR count). The van der Waals surface area contributed by atoms with Gasteiger partial charge in [-0.15, -0.1) is 0 Å². The van der Waals surface area contributed by atoms with Gasteiger partial charge >= 0.3 is 0 Å². The second-order valence-corrected chi connectivity index (χ2v) is 8.28. The largest absolute Gasteiger partial charge is 0.493 e. The fourth-order valence-electron chi connectivity index (χ4n) is 3.66. The van der Waals surface area contributed by atoms with Crippen LogP contribution in [0.15, 0.2) is 36.4 Å². The molecule has 1 aliphatic rings. The van der Waals surface area contributed by atoms with Crippen LogP contribution in [0.2, 0.25) is 0 Å². The second kappa shape index (κ2) is 9.02. The van der Waals surface area contributed by atoms with Gasteiger partial charge in [-0.05, 0) is 55.2 Å². The van der Waals surface area contributed by atoms with E-state index in [2.05, 4.69) is 19.1 Å². The zero-order valence-electron chi connectivity index (χ0n) is 17.5. The molecule has 0 aliphatic carbocycles. The van der Waals surface area contributed by atoms with Crippen LogP contribution in [0.1, 0.15) is 35.7 Å². The van der Waals surface area contributed by atoms with Gasteiger partial charge in [0.25, 0.3) is 5.91 Å². The number of hydrogen-bond donors (Lipinski definition) is 0. The van der Waals surface area contributed by atoms with E-state index in [0.29, 0.717) is 28.7 Å². The molecule has 1 unspecified atom stereocenters. The second-order valence-electron chi connectivity index (χ2n) is 7.27. The number of aryl methyl sites for hydroxylation is 1. The van der Waals surface area contributed by atoms with Crippen LogP contribution in [0.5, 0.6) is 11.5 Å². The maximum atomic E-state index is 13.5. The van der Waals surface area contributed by atoms with Crippen LogP contribution in [0, 0.1) is 0 Å². The first-order valence-electron chi connectivity index (χ1n) is 10.2. The predicted molar refractivity (Wildman–Crippen MR) is 119 cm³/mol. The molecule has 30 heavy (non-hydrogen) atoms. The number of ether oxygens (including phenoxy) is 3. The zero-order valence-corrected chi connectivity index (χ0v) is 18.3. The smallest absolute Gasteiger partial charge is 0.260 e. The average molecular weight is 427 g/mol. The molecule has 1 aliphatic heterocycles. The summed E-state index contributed by atoms with van der Waals surface area (Å²) in [6, 6.07) is 11.5. The van der Waals surface area contributed by atoms with Crippen molar-refractivity contribution < 1.29 is 19.0 Å². The quantitative estimate of drug-likeness (QED) is 0.548. The van der Waals surface area contributed by atoms with Gasteiger partial charge in [0.2, 0.25) is 0 Å². The predicted octanol–water partition coefficient (Wildman–Crippen LogP) is 4.70. The molecular weight excluding hydrogens is 400 g/mol. The number of hydrogen-bond acceptors (Lipinski definition) is 6. The Hall–Kier alpha value is -2.64. The molecule has 1 fully saturated rings. The van der Waals surface area contributed by atoms with Crippen molar-refractivity contribution in [3.05, 3.63) is 47.5 Å². The molecule has 0 N–H and O–H groups in total. The topological polar surface area (TPSA) is 60.9 Å². The van der Waals surface area contributed by atoms with Gasteiger partial charge in [-0.2, -0.15) is 0 Å². The number of amides is 1. The fraction of sp³-hybridized carbons (Fsp3) is 0.391. The Kier molecular flexibility index (Phi) is 6.20. The molecule has 0 bridgehead atoms. The summed E-state index contributed by atoms with van der Waals surface area (Å²) in [5.41, 5.74) is 2.69. The number of carbonyl (C=O) groups excluding carboxylic acids is 1. The molecule has 1 saturated heterocycles. The van der Waals surface area contributed by atoms with E-state index in [4.69, 9.17) is 19.2 Å². The maximum Gasteiger partial charge on any atom is 0.260 e. The van der Waals surface area contributed by atoms with E-state index in [-0.39, 0.29) is 12.0 Å². The summed E-state index contributed by atoms with van der Waals surface area (Å²) in [6.07, 6.45) is 2.95. The van der Waals surface area contributed by atoms with E-state index >= 15 is 0 Å². The van der Waals surface area contributed by atoms with Gasteiger partial charge in [0, 0.05) is 12.2 Å². The van der Waals surface area contributed by atoms with Gasteiger partial charge < -0.3 is 14.2 Å². The molecule has 158 valence electrons. The summed E-state index contributed by atoms with van der Waals surface area (Å²) in [5, 5.41) is 0.688. The van der Waals surface area contributed by atoms with Crippen molar-refractivity contribution in [3.8, 4) is 11.5 Å². The van der Waals surface area contributed by atoms with E-state index in [1.807, 2.05) is 6.07 Å². The minimum absolute atomic E-state index is 0.0207. The number of benzene rings is 2. The Balaban J connectivity index is 1.71. The number of carbonyl (C=O) groups is 1. The number of rotatable bonds is 7. The van der Waals surface area contributed by atoms with Crippen molar-refractivity contribution >= 4 is 32.6 Å². The van der Waals surface area contributed by atoms with Crippen molar-refractivity contribution in [1.82, 2.24) is 4.98 Å². The molecule has 2 heterocycles. The van der Waals surface area contributed by atoms with Crippen molar-refractivity contribution in [2.24, 2.45) is 0 Å². The molecule has 7 heteroatoms. The van der Waals surface area contributed by atoms with Crippen LogP contribution < -0.4 is 14.4 Å². The lowest BCUT2D eigenvalue weighted by Crippen LogP contribution is -2.37. The van der Waals surface area contributed by atoms with Crippen LogP contribution in [-0.4, -0.2) is 44.4 Å². The molecule has 1 amide bonds. The van der Waals surface area contributed by atoms with Crippen molar-refractivity contribution in [2.45, 2.75) is 32.3 Å². The summed E-state index contributed by atoms with van der Waals surface area (Å²) in [7, 11) is 3.14. The zero-order chi connectivity index (χ0) is 21.1. The Labute approximate surface area is 180 Å². The molecule has 2 aromatic carbocycles. The molecule has 6 nitrogen and oxygen atoms in total. The van der Waals surface area contributed by atoms with Gasteiger partial charge in [0.1, 0.15) is 0 Å². The van der Waals surface area contributed by atoms with Crippen LogP contribution >= 0.6 is 11.3 Å². The van der Waals surface area contributed by atoms with Crippen molar-refractivity contribution in [2.75, 3.05) is 32.3 Å². The molecule has 3 aromatic rings. The standard InChI is InChI=1S/C23H26N2O4S/c1-4-15-7-9-18-21(12-15)30-23(24-18)25(14-17-6-5-11-29-17)22(26)16-8-10-19(27-2)20(13-16)28-3/h7-10,12-13,17H,4-6,11,14H2,1-3H3. The van der Waals surface area contributed by atoms with E-state index < -0.39 is 0 Å². The summed E-state index contributed by atoms with van der Waals surface area (Å²) >= 11 is 1.54. The van der Waals surface area contributed by atoms with Crippen molar-refractivity contribution in [3.63, 3.8) is 0 Å². The number of fused-ring (bicyclic) bond motifs is 1. The number of methoxy groups -OCH3 is 2. The van der Waals surface area contributed by atoms with Crippen LogP contribution in [-0.2, 0) is 11.2 Å². The van der Waals surface area contributed by atoms with Gasteiger partial charge in [-0.3, -0.25) is 9.69 Å². The summed E-state index contributed by atoms with van der Waals surface area (Å²) < 4.78 is 17.6. The summed E-state index contributed by atoms with van der Waals surface area (Å²) in [6.45, 7) is 3.35. The highest BCUT2D eigenvalue weighted by atomic mass is 32.1. The third-order valence-corrected chi connectivity index (χ3v) is 6.41. The first-order chi connectivity index (χ1) is 14.6. The lowest BCUT2D eigenvalue weighted by Gasteiger charge is -2.23. The lowest BCUT2D eigenvalue weighted by atomic mass is 10.1. The number of nitrogens with zero attached hydrogens (tertiary/aromatic N) is 2. The van der Waals surface area contributed by atoms with Crippen molar-refractivity contribution in [1.29, 1.82) is 0 Å². The van der Waals surface area contributed by atoms with Gasteiger partial charge in [-0.25, -0.2) is 4.98 Å². The van der Waals surface area contributed by atoms with E-state index in [9.17, 15) is 4.79 Å². The van der Waals surface area contributed by atoms with E-state index in [1.165, 1.54) is 5.56 Å². The SMILES string of the molecule is CCc1ccc2nc(N(CC3CCCO3)C(=O)c3ccc(OC)c(OC)c3)sc2c1. The van der Waals surface area contributed by atoms with Crippen LogP contribution in [0.25, 0.3) is 10.2 Å². The number of aromatic nitrogens is 1. The average Bonchev–Trinajstić information content (AvgIpc) is 3.45. The van der Waals surface area contributed by atoms with Gasteiger partial charge in [0.15, 0.2) is 16.6 Å².